The predicted molar refractivity (Wildman–Crippen MR) is 87.6 cm³/mol. The lowest BCUT2D eigenvalue weighted by Gasteiger charge is -2.16. The van der Waals surface area contributed by atoms with Gasteiger partial charge >= 0.3 is 0 Å². The van der Waals surface area contributed by atoms with Crippen molar-refractivity contribution < 1.29 is 4.74 Å². The van der Waals surface area contributed by atoms with Gasteiger partial charge in [0.2, 0.25) is 0 Å². The third kappa shape index (κ3) is 5.08. The Bertz CT molecular complexity index is 571. The predicted octanol–water partition coefficient (Wildman–Crippen LogP) is 2.21. The fraction of sp³-hybridized carbons (Fsp3) is 0.471. The minimum Gasteiger partial charge on any atom is -0.383 e. The van der Waals surface area contributed by atoms with E-state index < -0.39 is 0 Å². The smallest absolute Gasteiger partial charge is 0.0705 e. The van der Waals surface area contributed by atoms with Gasteiger partial charge in [-0.15, -0.1) is 0 Å². The maximum atomic E-state index is 5.07. The van der Waals surface area contributed by atoms with Gasteiger partial charge in [-0.25, -0.2) is 0 Å². The zero-order valence-electron chi connectivity index (χ0n) is 13.2. The van der Waals surface area contributed by atoms with Gasteiger partial charge in [0.1, 0.15) is 0 Å². The lowest BCUT2D eigenvalue weighted by Crippen LogP contribution is -2.31. The highest BCUT2D eigenvalue weighted by atomic mass is 16.5. The molecule has 21 heavy (non-hydrogen) atoms. The molecular formula is C17H25N3O. The molecule has 0 fully saturated rings. The number of pyridine rings is 1. The molecule has 114 valence electrons. The third-order valence-corrected chi connectivity index (χ3v) is 3.57. The van der Waals surface area contributed by atoms with Crippen molar-refractivity contribution in [2.24, 2.45) is 0 Å². The van der Waals surface area contributed by atoms with Crippen LogP contribution < -0.4 is 5.32 Å². The van der Waals surface area contributed by atoms with Crippen molar-refractivity contribution >= 4 is 10.9 Å². The molecule has 0 spiro atoms. The molecule has 4 heteroatoms. The normalized spacial score (nSPS) is 11.4. The van der Waals surface area contributed by atoms with E-state index in [4.69, 9.17) is 4.74 Å². The van der Waals surface area contributed by atoms with E-state index >= 15 is 0 Å². The summed E-state index contributed by atoms with van der Waals surface area (Å²) < 4.78 is 5.07. The zero-order valence-corrected chi connectivity index (χ0v) is 13.2. The van der Waals surface area contributed by atoms with Crippen molar-refractivity contribution in [3.63, 3.8) is 0 Å². The minimum absolute atomic E-state index is 0.785. The van der Waals surface area contributed by atoms with Gasteiger partial charge in [-0.1, -0.05) is 12.1 Å². The standard InChI is InChI=1S/C17H25N3O/c1-14-4-6-16-12-15(5-7-17(16)19-14)13-18-8-9-20(2)10-11-21-3/h4-7,12,18H,8-11,13H2,1-3H3. The summed E-state index contributed by atoms with van der Waals surface area (Å²) >= 11 is 0. The van der Waals surface area contributed by atoms with Gasteiger partial charge in [-0.3, -0.25) is 4.98 Å². The summed E-state index contributed by atoms with van der Waals surface area (Å²) in [4.78, 5) is 6.79. The van der Waals surface area contributed by atoms with E-state index in [0.717, 1.165) is 44.0 Å². The van der Waals surface area contributed by atoms with E-state index in [1.54, 1.807) is 7.11 Å². The fourth-order valence-electron chi connectivity index (χ4n) is 2.25. The second-order valence-corrected chi connectivity index (χ2v) is 5.45. The summed E-state index contributed by atoms with van der Waals surface area (Å²) in [6.45, 7) is 6.67. The Balaban J connectivity index is 1.79. The zero-order chi connectivity index (χ0) is 15.1. The van der Waals surface area contributed by atoms with Gasteiger partial charge in [0.15, 0.2) is 0 Å². The number of hydrogen-bond acceptors (Lipinski definition) is 4. The second-order valence-electron chi connectivity index (χ2n) is 5.45. The van der Waals surface area contributed by atoms with Crippen molar-refractivity contribution in [2.75, 3.05) is 40.4 Å². The van der Waals surface area contributed by atoms with Gasteiger partial charge in [0.25, 0.3) is 0 Å². The van der Waals surface area contributed by atoms with Crippen molar-refractivity contribution in [3.05, 3.63) is 41.6 Å². The average molecular weight is 287 g/mol. The van der Waals surface area contributed by atoms with Crippen LogP contribution in [-0.2, 0) is 11.3 Å². The molecule has 0 unspecified atom stereocenters. The van der Waals surface area contributed by atoms with Crippen LogP contribution in [0.25, 0.3) is 10.9 Å². The number of hydrogen-bond donors (Lipinski definition) is 1. The van der Waals surface area contributed by atoms with Crippen LogP contribution in [0.1, 0.15) is 11.3 Å². The maximum Gasteiger partial charge on any atom is 0.0705 e. The first-order valence-electron chi connectivity index (χ1n) is 7.43. The summed E-state index contributed by atoms with van der Waals surface area (Å²) in [5.74, 6) is 0. The molecule has 1 aromatic carbocycles. The van der Waals surface area contributed by atoms with Gasteiger partial charge in [-0.2, -0.15) is 0 Å². The summed E-state index contributed by atoms with van der Waals surface area (Å²) in [6.07, 6.45) is 0. The van der Waals surface area contributed by atoms with E-state index in [2.05, 4.69) is 52.6 Å². The second kappa shape index (κ2) is 8.08. The SMILES string of the molecule is COCCN(C)CCNCc1ccc2nc(C)ccc2c1. The van der Waals surface area contributed by atoms with Crippen LogP contribution in [0.4, 0.5) is 0 Å². The Morgan fingerprint density at radius 2 is 2.05 bits per heavy atom. The number of rotatable bonds is 8. The molecule has 1 aromatic heterocycles. The quantitative estimate of drug-likeness (QED) is 0.755. The van der Waals surface area contributed by atoms with E-state index in [-0.39, 0.29) is 0 Å². The van der Waals surface area contributed by atoms with Crippen LogP contribution in [0.2, 0.25) is 0 Å². The first-order valence-corrected chi connectivity index (χ1v) is 7.43. The molecule has 1 heterocycles. The largest absolute Gasteiger partial charge is 0.383 e. The topological polar surface area (TPSA) is 37.4 Å². The number of likely N-dealkylation sites (N-methyl/N-ethyl adjacent to an activating group) is 1. The molecule has 0 aliphatic rings. The van der Waals surface area contributed by atoms with Crippen LogP contribution in [-0.4, -0.2) is 50.3 Å². The summed E-state index contributed by atoms with van der Waals surface area (Å²) in [7, 11) is 3.85. The van der Waals surface area contributed by atoms with E-state index in [9.17, 15) is 0 Å². The average Bonchev–Trinajstić information content (AvgIpc) is 2.49. The van der Waals surface area contributed by atoms with E-state index in [0.29, 0.717) is 0 Å². The first kappa shape index (κ1) is 15.9. The maximum absolute atomic E-state index is 5.07. The molecule has 1 N–H and O–H groups in total. The van der Waals surface area contributed by atoms with Crippen LogP contribution in [0.15, 0.2) is 30.3 Å². The molecule has 0 atom stereocenters. The molecule has 0 saturated carbocycles. The van der Waals surface area contributed by atoms with E-state index in [1.165, 1.54) is 10.9 Å². The molecule has 0 saturated heterocycles. The molecule has 0 bridgehead atoms. The van der Waals surface area contributed by atoms with Gasteiger partial charge in [-0.05, 0) is 37.7 Å². The Kier molecular flexibility index (Phi) is 6.11. The first-order chi connectivity index (χ1) is 10.2. The molecule has 0 aliphatic heterocycles. The molecule has 4 nitrogen and oxygen atoms in total. The van der Waals surface area contributed by atoms with E-state index in [1.807, 2.05) is 6.92 Å². The molecule has 0 amide bonds. The van der Waals surface area contributed by atoms with Gasteiger partial charge < -0.3 is 15.0 Å². The number of aromatic nitrogens is 1. The van der Waals surface area contributed by atoms with Crippen molar-refractivity contribution in [3.8, 4) is 0 Å². The number of nitrogens with one attached hydrogen (secondary N) is 1. The van der Waals surface area contributed by atoms with Crippen molar-refractivity contribution in [1.82, 2.24) is 15.2 Å². The van der Waals surface area contributed by atoms with Crippen molar-refractivity contribution in [2.45, 2.75) is 13.5 Å². The fourth-order valence-corrected chi connectivity index (χ4v) is 2.25. The van der Waals surface area contributed by atoms with Gasteiger partial charge in [0, 0.05) is 44.4 Å². The minimum atomic E-state index is 0.785. The molecule has 0 aliphatic carbocycles. The van der Waals surface area contributed by atoms with Crippen LogP contribution >= 0.6 is 0 Å². The highest BCUT2D eigenvalue weighted by Crippen LogP contribution is 2.14. The van der Waals surface area contributed by atoms with Crippen LogP contribution in [0, 0.1) is 6.92 Å². The lowest BCUT2D eigenvalue weighted by molar-refractivity contribution is 0.161. The van der Waals surface area contributed by atoms with Crippen molar-refractivity contribution in [1.29, 1.82) is 0 Å². The van der Waals surface area contributed by atoms with Gasteiger partial charge in [0.05, 0.1) is 12.1 Å². The Morgan fingerprint density at radius 3 is 2.86 bits per heavy atom. The molecule has 2 aromatic rings. The summed E-state index contributed by atoms with van der Waals surface area (Å²) in [5.41, 5.74) is 3.43. The summed E-state index contributed by atoms with van der Waals surface area (Å²) in [6, 6.07) is 10.7. The number of methoxy groups -OCH3 is 1. The monoisotopic (exact) mass is 287 g/mol. The number of ether oxygens (including phenoxy) is 1. The number of aryl methyl sites for hydroxylation is 1. The highest BCUT2D eigenvalue weighted by molar-refractivity contribution is 5.79. The third-order valence-electron chi connectivity index (χ3n) is 3.57. The Morgan fingerprint density at radius 1 is 1.19 bits per heavy atom. The summed E-state index contributed by atoms with van der Waals surface area (Å²) in [5, 5.41) is 4.69. The highest BCUT2D eigenvalue weighted by Gasteiger charge is 2.00. The Labute approximate surface area is 127 Å². The van der Waals surface area contributed by atoms with Crippen LogP contribution in [0.3, 0.4) is 0 Å². The molecule has 2 rings (SSSR count). The number of fused-ring (bicyclic) bond motifs is 1. The number of benzene rings is 1. The lowest BCUT2D eigenvalue weighted by atomic mass is 10.1. The molecule has 0 radical (unpaired) electrons. The number of nitrogens with zero attached hydrogens (tertiary/aromatic N) is 2. The molecular weight excluding hydrogens is 262 g/mol. The Hall–Kier alpha value is -1.49. The van der Waals surface area contributed by atoms with Crippen LogP contribution in [0.5, 0.6) is 0 Å².